The van der Waals surface area contributed by atoms with Crippen molar-refractivity contribution in [2.45, 2.75) is 96.8 Å². The number of amides is 1. The third-order valence-corrected chi connectivity index (χ3v) is 4.95. The molecule has 0 unspecified atom stereocenters. The van der Waals surface area contributed by atoms with Crippen molar-refractivity contribution in [1.29, 1.82) is 0 Å². The van der Waals surface area contributed by atoms with Crippen molar-refractivity contribution in [2.24, 2.45) is 0 Å². The molecule has 0 rings (SSSR count). The Hall–Kier alpha value is -0.880. The minimum Gasteiger partial charge on any atom is -0.355 e. The second-order valence-corrected chi connectivity index (χ2v) is 8.47. The lowest BCUT2D eigenvalue weighted by Gasteiger charge is -2.04. The lowest BCUT2D eigenvalue weighted by Crippen LogP contribution is -2.30. The molecule has 26 heavy (non-hydrogen) atoms. The van der Waals surface area contributed by atoms with Gasteiger partial charge in [-0.1, -0.05) is 76.9 Å². The van der Waals surface area contributed by atoms with E-state index in [4.69, 9.17) is 4.55 Å². The number of rotatable bonds is 18. The molecule has 0 aromatic heterocycles. The highest BCUT2D eigenvalue weighted by atomic mass is 32.2. The van der Waals surface area contributed by atoms with E-state index in [1.54, 1.807) is 0 Å². The van der Waals surface area contributed by atoms with E-state index in [0.717, 1.165) is 19.3 Å². The van der Waals surface area contributed by atoms with Crippen LogP contribution >= 0.6 is 0 Å². The summed E-state index contributed by atoms with van der Waals surface area (Å²) in [6.07, 6.45) is 21.8. The Bertz CT molecular complexity index is 460. The average Bonchev–Trinajstić information content (AvgIpc) is 2.56. The molecule has 1 amide bonds. The number of nitrogens with one attached hydrogen (secondary N) is 1. The fourth-order valence-electron chi connectivity index (χ4n) is 2.82. The van der Waals surface area contributed by atoms with Gasteiger partial charge in [-0.2, -0.15) is 8.42 Å². The summed E-state index contributed by atoms with van der Waals surface area (Å²) in [4.78, 5) is 11.2. The maximum absolute atomic E-state index is 11.2. The summed E-state index contributed by atoms with van der Waals surface area (Å²) in [7, 11) is -4.21. The zero-order valence-electron chi connectivity index (χ0n) is 16.5. The maximum Gasteiger partial charge on any atom is 0.274 e. The molecule has 0 bridgehead atoms. The fourth-order valence-corrected chi connectivity index (χ4v) is 3.25. The van der Waals surface area contributed by atoms with Crippen molar-refractivity contribution in [3.05, 3.63) is 12.2 Å². The number of carbonyl (C=O) groups excluding carboxylic acids is 1. The number of hydrogen-bond donors (Lipinski definition) is 2. The molecule has 0 aliphatic heterocycles. The van der Waals surface area contributed by atoms with Crippen LogP contribution in [0, 0.1) is 0 Å². The van der Waals surface area contributed by atoms with Crippen LogP contribution in [0.1, 0.15) is 96.8 Å². The SMILES string of the molecule is CCCCCCCCC=CCCCCCCCCNC(=O)CS(=O)(=O)O. The molecule has 5 nitrogen and oxygen atoms in total. The van der Waals surface area contributed by atoms with Crippen LogP contribution in [0.4, 0.5) is 0 Å². The lowest BCUT2D eigenvalue weighted by molar-refractivity contribution is -0.118. The van der Waals surface area contributed by atoms with Gasteiger partial charge in [0.05, 0.1) is 0 Å². The Morgan fingerprint density at radius 2 is 1.27 bits per heavy atom. The van der Waals surface area contributed by atoms with Gasteiger partial charge >= 0.3 is 0 Å². The van der Waals surface area contributed by atoms with Crippen molar-refractivity contribution in [3.8, 4) is 0 Å². The monoisotopic (exact) mass is 389 g/mol. The van der Waals surface area contributed by atoms with Gasteiger partial charge in [0.15, 0.2) is 5.75 Å². The Labute approximate surface area is 160 Å². The third-order valence-electron chi connectivity index (χ3n) is 4.32. The first-order chi connectivity index (χ1) is 12.5. The second kappa shape index (κ2) is 17.5. The third kappa shape index (κ3) is 21.2. The molecule has 2 N–H and O–H groups in total. The molecule has 0 aromatic carbocycles. The van der Waals surface area contributed by atoms with Crippen LogP contribution in [-0.4, -0.2) is 31.2 Å². The predicted octanol–water partition coefficient (Wildman–Crippen LogP) is 5.03. The molecule has 0 aromatic rings. The van der Waals surface area contributed by atoms with E-state index in [1.807, 2.05) is 0 Å². The first kappa shape index (κ1) is 25.1. The molecule has 0 saturated carbocycles. The Balaban J connectivity index is 3.24. The fraction of sp³-hybridized carbons (Fsp3) is 0.850. The molecule has 0 spiro atoms. The Kier molecular flexibility index (Phi) is 16.9. The van der Waals surface area contributed by atoms with Crippen LogP contribution in [0.3, 0.4) is 0 Å². The zero-order valence-corrected chi connectivity index (χ0v) is 17.4. The summed E-state index contributed by atoms with van der Waals surface area (Å²) in [5.41, 5.74) is 0. The summed E-state index contributed by atoms with van der Waals surface area (Å²) < 4.78 is 29.6. The summed E-state index contributed by atoms with van der Waals surface area (Å²) >= 11 is 0. The standard InChI is InChI=1S/C20H39NO4S/c1-2-3-4-5-6-7-8-9-10-11-12-13-14-15-16-17-18-21-20(22)19-26(23,24)25/h9-10H,2-8,11-19H2,1H3,(H,21,22)(H,23,24,25). The molecule has 154 valence electrons. The van der Waals surface area contributed by atoms with Crippen molar-refractivity contribution in [1.82, 2.24) is 5.32 Å². The van der Waals surface area contributed by atoms with Crippen LogP contribution in [0.15, 0.2) is 12.2 Å². The van der Waals surface area contributed by atoms with Gasteiger partial charge in [0.25, 0.3) is 10.1 Å². The van der Waals surface area contributed by atoms with E-state index >= 15 is 0 Å². The average molecular weight is 390 g/mol. The Morgan fingerprint density at radius 1 is 0.808 bits per heavy atom. The molecule has 0 aliphatic rings. The van der Waals surface area contributed by atoms with Crippen LogP contribution in [-0.2, 0) is 14.9 Å². The van der Waals surface area contributed by atoms with Gasteiger partial charge in [-0.05, 0) is 32.1 Å². The van der Waals surface area contributed by atoms with Crippen molar-refractivity contribution >= 4 is 16.0 Å². The van der Waals surface area contributed by atoms with Gasteiger partial charge < -0.3 is 5.32 Å². The molecule has 0 radical (unpaired) electrons. The molecule has 0 heterocycles. The zero-order chi connectivity index (χ0) is 19.5. The van der Waals surface area contributed by atoms with Crippen LogP contribution < -0.4 is 5.32 Å². The van der Waals surface area contributed by atoms with E-state index < -0.39 is 21.8 Å². The predicted molar refractivity (Wildman–Crippen MR) is 109 cm³/mol. The number of unbranched alkanes of at least 4 members (excludes halogenated alkanes) is 12. The van der Waals surface area contributed by atoms with Gasteiger partial charge in [0, 0.05) is 6.54 Å². The maximum atomic E-state index is 11.2. The summed E-state index contributed by atoms with van der Waals surface area (Å²) in [6, 6.07) is 0. The minimum absolute atomic E-state index is 0.468. The first-order valence-corrected chi connectivity index (χ1v) is 11.9. The van der Waals surface area contributed by atoms with Gasteiger partial charge in [-0.25, -0.2) is 0 Å². The normalized spacial score (nSPS) is 11.9. The molecular weight excluding hydrogens is 350 g/mol. The number of allylic oxidation sites excluding steroid dienone is 2. The summed E-state index contributed by atoms with van der Waals surface area (Å²) in [6.45, 7) is 2.72. The molecule has 0 atom stereocenters. The minimum atomic E-state index is -4.21. The van der Waals surface area contributed by atoms with Gasteiger partial charge in [0.1, 0.15) is 0 Å². The Morgan fingerprint density at radius 3 is 1.77 bits per heavy atom. The van der Waals surface area contributed by atoms with Crippen molar-refractivity contribution in [3.63, 3.8) is 0 Å². The van der Waals surface area contributed by atoms with Gasteiger partial charge in [-0.15, -0.1) is 0 Å². The van der Waals surface area contributed by atoms with Gasteiger partial charge in [-0.3, -0.25) is 9.35 Å². The molecular formula is C20H39NO4S. The number of carbonyl (C=O) groups is 1. The largest absolute Gasteiger partial charge is 0.355 e. The van der Waals surface area contributed by atoms with Crippen molar-refractivity contribution < 1.29 is 17.8 Å². The van der Waals surface area contributed by atoms with Crippen LogP contribution in [0.5, 0.6) is 0 Å². The molecule has 6 heteroatoms. The van der Waals surface area contributed by atoms with E-state index in [0.29, 0.717) is 6.54 Å². The van der Waals surface area contributed by atoms with E-state index in [1.165, 1.54) is 70.6 Å². The molecule has 0 fully saturated rings. The lowest BCUT2D eigenvalue weighted by atomic mass is 10.1. The highest BCUT2D eigenvalue weighted by Gasteiger charge is 2.11. The van der Waals surface area contributed by atoms with E-state index in [-0.39, 0.29) is 0 Å². The topological polar surface area (TPSA) is 83.5 Å². The highest BCUT2D eigenvalue weighted by molar-refractivity contribution is 7.86. The number of hydrogen-bond acceptors (Lipinski definition) is 3. The summed E-state index contributed by atoms with van der Waals surface area (Å²) in [5, 5.41) is 2.50. The van der Waals surface area contributed by atoms with E-state index in [2.05, 4.69) is 24.4 Å². The summed E-state index contributed by atoms with van der Waals surface area (Å²) in [5.74, 6) is -1.49. The second-order valence-electron chi connectivity index (χ2n) is 7.01. The molecule has 0 aliphatic carbocycles. The first-order valence-electron chi connectivity index (χ1n) is 10.3. The van der Waals surface area contributed by atoms with E-state index in [9.17, 15) is 13.2 Å². The smallest absolute Gasteiger partial charge is 0.274 e. The van der Waals surface area contributed by atoms with Crippen molar-refractivity contribution in [2.75, 3.05) is 12.3 Å². The van der Waals surface area contributed by atoms with Crippen LogP contribution in [0.2, 0.25) is 0 Å². The van der Waals surface area contributed by atoms with Crippen LogP contribution in [0.25, 0.3) is 0 Å². The van der Waals surface area contributed by atoms with Gasteiger partial charge in [0.2, 0.25) is 5.91 Å². The molecule has 0 saturated heterocycles. The highest BCUT2D eigenvalue weighted by Crippen LogP contribution is 2.09. The quantitative estimate of drug-likeness (QED) is 0.196.